The average Bonchev–Trinajstić information content (AvgIpc) is 3.15. The number of benzene rings is 2. The summed E-state index contributed by atoms with van der Waals surface area (Å²) >= 11 is 5.89. The van der Waals surface area contributed by atoms with E-state index < -0.39 is 0 Å². The standard InChI is InChI=1S/C22H23ClN2O3/c1-15(2)27-19-9-3-16(4-10-19)13-24-21(26)11-12-22-25-14-20(28-22)17-5-7-18(23)8-6-17/h3-10,14-15H,11-13H2,1-2H3,(H,24,26). The van der Waals surface area contributed by atoms with Gasteiger partial charge in [0.15, 0.2) is 11.7 Å². The lowest BCUT2D eigenvalue weighted by atomic mass is 10.2. The van der Waals surface area contributed by atoms with Gasteiger partial charge in [0.05, 0.1) is 12.3 Å². The third-order valence-corrected chi connectivity index (χ3v) is 4.29. The molecule has 0 fully saturated rings. The van der Waals surface area contributed by atoms with Crippen LogP contribution >= 0.6 is 11.6 Å². The maximum absolute atomic E-state index is 12.1. The van der Waals surface area contributed by atoms with Crippen LogP contribution in [0.25, 0.3) is 11.3 Å². The molecular formula is C22H23ClN2O3. The van der Waals surface area contributed by atoms with E-state index in [1.54, 1.807) is 18.3 Å². The van der Waals surface area contributed by atoms with Gasteiger partial charge in [-0.2, -0.15) is 0 Å². The Hall–Kier alpha value is -2.79. The Labute approximate surface area is 169 Å². The molecule has 0 unspecified atom stereocenters. The topological polar surface area (TPSA) is 64.4 Å². The van der Waals surface area contributed by atoms with Gasteiger partial charge >= 0.3 is 0 Å². The van der Waals surface area contributed by atoms with Crippen molar-refractivity contribution in [3.05, 3.63) is 71.2 Å². The second-order valence-electron chi connectivity index (χ2n) is 6.71. The minimum Gasteiger partial charge on any atom is -0.491 e. The first-order valence-corrected chi connectivity index (χ1v) is 9.60. The molecule has 2 aromatic carbocycles. The molecule has 1 heterocycles. The van der Waals surface area contributed by atoms with Crippen LogP contribution in [0, 0.1) is 0 Å². The minimum absolute atomic E-state index is 0.0475. The molecule has 0 aliphatic rings. The summed E-state index contributed by atoms with van der Waals surface area (Å²) in [6, 6.07) is 15.1. The van der Waals surface area contributed by atoms with E-state index in [-0.39, 0.29) is 12.0 Å². The third-order valence-electron chi connectivity index (χ3n) is 4.03. The molecule has 0 saturated heterocycles. The average molecular weight is 399 g/mol. The second-order valence-corrected chi connectivity index (χ2v) is 7.15. The van der Waals surface area contributed by atoms with Crippen LogP contribution in [0.3, 0.4) is 0 Å². The first-order valence-electron chi connectivity index (χ1n) is 9.22. The molecule has 0 aliphatic heterocycles. The quantitative estimate of drug-likeness (QED) is 0.577. The van der Waals surface area contributed by atoms with E-state index in [0.29, 0.717) is 36.1 Å². The van der Waals surface area contributed by atoms with E-state index in [1.807, 2.05) is 50.2 Å². The van der Waals surface area contributed by atoms with Crippen LogP contribution in [0.4, 0.5) is 0 Å². The van der Waals surface area contributed by atoms with E-state index in [4.69, 9.17) is 20.8 Å². The van der Waals surface area contributed by atoms with Crippen molar-refractivity contribution < 1.29 is 13.9 Å². The van der Waals surface area contributed by atoms with Crippen molar-refractivity contribution >= 4 is 17.5 Å². The number of carbonyl (C=O) groups excluding carboxylic acids is 1. The highest BCUT2D eigenvalue weighted by molar-refractivity contribution is 6.30. The van der Waals surface area contributed by atoms with Crippen molar-refractivity contribution in [2.45, 2.75) is 39.3 Å². The zero-order valence-corrected chi connectivity index (χ0v) is 16.7. The SMILES string of the molecule is CC(C)Oc1ccc(CNC(=O)CCc2ncc(-c3ccc(Cl)cc3)o2)cc1. The summed E-state index contributed by atoms with van der Waals surface area (Å²) in [6.07, 6.45) is 2.56. The number of halogens is 1. The van der Waals surface area contributed by atoms with Gasteiger partial charge in [-0.25, -0.2) is 4.98 Å². The van der Waals surface area contributed by atoms with Gasteiger partial charge in [0.2, 0.25) is 5.91 Å². The van der Waals surface area contributed by atoms with Crippen LogP contribution in [0.1, 0.15) is 31.7 Å². The third kappa shape index (κ3) is 5.86. The maximum Gasteiger partial charge on any atom is 0.220 e. The number of nitrogens with zero attached hydrogens (tertiary/aromatic N) is 1. The fourth-order valence-electron chi connectivity index (χ4n) is 2.64. The molecule has 0 saturated carbocycles. The predicted octanol–water partition coefficient (Wildman–Crippen LogP) is 5.03. The van der Waals surface area contributed by atoms with E-state index in [0.717, 1.165) is 16.9 Å². The number of hydrogen-bond acceptors (Lipinski definition) is 4. The molecule has 3 rings (SSSR count). The molecule has 1 aromatic heterocycles. The van der Waals surface area contributed by atoms with Crippen LogP contribution in [0.15, 0.2) is 59.1 Å². The Morgan fingerprint density at radius 3 is 2.54 bits per heavy atom. The highest BCUT2D eigenvalue weighted by Gasteiger charge is 2.09. The summed E-state index contributed by atoms with van der Waals surface area (Å²) in [5, 5.41) is 3.58. The number of carbonyl (C=O) groups is 1. The van der Waals surface area contributed by atoms with Gasteiger partial charge in [-0.3, -0.25) is 4.79 Å². The van der Waals surface area contributed by atoms with Crippen molar-refractivity contribution in [2.75, 3.05) is 0 Å². The second kappa shape index (κ2) is 9.42. The molecule has 3 aromatic rings. The van der Waals surface area contributed by atoms with Gasteiger partial charge in [-0.05, 0) is 55.8 Å². The van der Waals surface area contributed by atoms with E-state index >= 15 is 0 Å². The Morgan fingerprint density at radius 2 is 1.86 bits per heavy atom. The molecule has 28 heavy (non-hydrogen) atoms. The number of hydrogen-bond donors (Lipinski definition) is 1. The van der Waals surface area contributed by atoms with Crippen LogP contribution < -0.4 is 10.1 Å². The van der Waals surface area contributed by atoms with Crippen molar-refractivity contribution in [3.8, 4) is 17.1 Å². The molecule has 5 nitrogen and oxygen atoms in total. The zero-order chi connectivity index (χ0) is 19.9. The molecule has 0 radical (unpaired) electrons. The van der Waals surface area contributed by atoms with Gasteiger partial charge in [0, 0.05) is 30.0 Å². The normalized spacial score (nSPS) is 10.9. The minimum atomic E-state index is -0.0475. The summed E-state index contributed by atoms with van der Waals surface area (Å²) in [7, 11) is 0. The Kier molecular flexibility index (Phi) is 6.71. The first-order chi connectivity index (χ1) is 13.5. The number of aryl methyl sites for hydroxylation is 1. The lowest BCUT2D eigenvalue weighted by molar-refractivity contribution is -0.121. The molecule has 0 atom stereocenters. The van der Waals surface area contributed by atoms with Crippen LogP contribution in [-0.4, -0.2) is 17.0 Å². The van der Waals surface area contributed by atoms with Crippen molar-refractivity contribution in [1.82, 2.24) is 10.3 Å². The van der Waals surface area contributed by atoms with Gasteiger partial charge in [-0.15, -0.1) is 0 Å². The Balaban J connectivity index is 1.45. The monoisotopic (exact) mass is 398 g/mol. The maximum atomic E-state index is 12.1. The highest BCUT2D eigenvalue weighted by atomic mass is 35.5. The lowest BCUT2D eigenvalue weighted by Crippen LogP contribution is -2.23. The van der Waals surface area contributed by atoms with E-state index in [2.05, 4.69) is 10.3 Å². The largest absolute Gasteiger partial charge is 0.491 e. The molecule has 1 N–H and O–H groups in total. The predicted molar refractivity (Wildman–Crippen MR) is 109 cm³/mol. The van der Waals surface area contributed by atoms with E-state index in [1.165, 1.54) is 0 Å². The fourth-order valence-corrected chi connectivity index (χ4v) is 2.77. The van der Waals surface area contributed by atoms with Crippen LogP contribution in [0.5, 0.6) is 5.75 Å². The van der Waals surface area contributed by atoms with Gasteiger partial charge in [0.25, 0.3) is 0 Å². The summed E-state index contributed by atoms with van der Waals surface area (Å²) in [5.74, 6) is 1.98. The van der Waals surface area contributed by atoms with Crippen molar-refractivity contribution in [3.63, 3.8) is 0 Å². The number of aromatic nitrogens is 1. The highest BCUT2D eigenvalue weighted by Crippen LogP contribution is 2.22. The molecule has 0 spiro atoms. The van der Waals surface area contributed by atoms with Crippen molar-refractivity contribution in [1.29, 1.82) is 0 Å². The fraction of sp³-hybridized carbons (Fsp3) is 0.273. The van der Waals surface area contributed by atoms with Gasteiger partial charge in [-0.1, -0.05) is 23.7 Å². The lowest BCUT2D eigenvalue weighted by Gasteiger charge is -2.10. The summed E-state index contributed by atoms with van der Waals surface area (Å²) in [4.78, 5) is 16.3. The summed E-state index contributed by atoms with van der Waals surface area (Å²) < 4.78 is 11.3. The first kappa shape index (κ1) is 20.0. The summed E-state index contributed by atoms with van der Waals surface area (Å²) in [5.41, 5.74) is 1.92. The number of ether oxygens (including phenoxy) is 1. The Morgan fingerprint density at radius 1 is 1.14 bits per heavy atom. The van der Waals surface area contributed by atoms with Gasteiger partial charge in [0.1, 0.15) is 5.75 Å². The molecule has 1 amide bonds. The molecule has 6 heteroatoms. The van der Waals surface area contributed by atoms with Crippen LogP contribution in [0.2, 0.25) is 5.02 Å². The van der Waals surface area contributed by atoms with Crippen LogP contribution in [-0.2, 0) is 17.8 Å². The van der Waals surface area contributed by atoms with E-state index in [9.17, 15) is 4.79 Å². The Bertz CT molecular complexity index is 902. The molecule has 0 aliphatic carbocycles. The number of oxazole rings is 1. The molecule has 146 valence electrons. The zero-order valence-electron chi connectivity index (χ0n) is 15.9. The number of amides is 1. The molecular weight excluding hydrogens is 376 g/mol. The number of nitrogens with one attached hydrogen (secondary N) is 1. The molecule has 0 bridgehead atoms. The smallest absolute Gasteiger partial charge is 0.220 e. The summed E-state index contributed by atoms with van der Waals surface area (Å²) in [6.45, 7) is 4.45. The van der Waals surface area contributed by atoms with Crippen molar-refractivity contribution in [2.24, 2.45) is 0 Å². The van der Waals surface area contributed by atoms with Gasteiger partial charge < -0.3 is 14.5 Å². The number of rotatable bonds is 8.